The first-order chi connectivity index (χ1) is 12.2. The number of nitro benzene ring substituents is 1. The number of rotatable bonds is 6. The molecular formula is C20H16N2O3. The number of benzene rings is 2. The van der Waals surface area contributed by atoms with Crippen LogP contribution in [0.15, 0.2) is 72.9 Å². The Kier molecular flexibility index (Phi) is 5.16. The van der Waals surface area contributed by atoms with Crippen molar-refractivity contribution in [1.82, 2.24) is 4.98 Å². The van der Waals surface area contributed by atoms with Gasteiger partial charge in [-0.25, -0.2) is 0 Å². The van der Waals surface area contributed by atoms with Crippen molar-refractivity contribution in [2.24, 2.45) is 0 Å². The molecule has 0 saturated heterocycles. The van der Waals surface area contributed by atoms with E-state index in [-0.39, 0.29) is 18.0 Å². The molecule has 0 atom stereocenters. The third-order valence-corrected chi connectivity index (χ3v) is 3.55. The van der Waals surface area contributed by atoms with E-state index in [4.69, 9.17) is 4.74 Å². The van der Waals surface area contributed by atoms with Crippen LogP contribution in [0.3, 0.4) is 0 Å². The first-order valence-electron chi connectivity index (χ1n) is 7.76. The van der Waals surface area contributed by atoms with Gasteiger partial charge in [0.15, 0.2) is 5.75 Å². The van der Waals surface area contributed by atoms with Crippen molar-refractivity contribution in [3.63, 3.8) is 0 Å². The second kappa shape index (κ2) is 7.88. The predicted molar refractivity (Wildman–Crippen MR) is 97.0 cm³/mol. The third kappa shape index (κ3) is 4.51. The van der Waals surface area contributed by atoms with Crippen molar-refractivity contribution in [2.75, 3.05) is 0 Å². The minimum atomic E-state index is -0.438. The maximum Gasteiger partial charge on any atom is 0.310 e. The van der Waals surface area contributed by atoms with Crippen molar-refractivity contribution in [3.05, 3.63) is 99.9 Å². The smallest absolute Gasteiger partial charge is 0.310 e. The highest BCUT2D eigenvalue weighted by Gasteiger charge is 2.15. The minimum absolute atomic E-state index is 0.0501. The van der Waals surface area contributed by atoms with Crippen molar-refractivity contribution < 1.29 is 9.66 Å². The molecule has 0 aliphatic carbocycles. The summed E-state index contributed by atoms with van der Waals surface area (Å²) in [7, 11) is 0. The summed E-state index contributed by atoms with van der Waals surface area (Å²) < 4.78 is 5.69. The molecule has 25 heavy (non-hydrogen) atoms. The maximum absolute atomic E-state index is 11.2. The second-order valence-corrected chi connectivity index (χ2v) is 5.35. The van der Waals surface area contributed by atoms with Crippen molar-refractivity contribution >= 4 is 17.8 Å². The number of nitro groups is 1. The van der Waals surface area contributed by atoms with Gasteiger partial charge in [0, 0.05) is 12.3 Å². The fourth-order valence-corrected chi connectivity index (χ4v) is 2.29. The summed E-state index contributed by atoms with van der Waals surface area (Å²) in [5, 5.41) is 11.2. The van der Waals surface area contributed by atoms with Gasteiger partial charge in [-0.1, -0.05) is 42.5 Å². The molecule has 2 aromatic carbocycles. The summed E-state index contributed by atoms with van der Waals surface area (Å²) in [6.07, 6.45) is 5.41. The molecule has 0 amide bonds. The summed E-state index contributed by atoms with van der Waals surface area (Å²) in [5.74, 6) is 0.247. The van der Waals surface area contributed by atoms with E-state index in [1.165, 1.54) is 6.07 Å². The van der Waals surface area contributed by atoms with E-state index in [0.29, 0.717) is 0 Å². The van der Waals surface area contributed by atoms with Crippen LogP contribution in [0.4, 0.5) is 5.69 Å². The van der Waals surface area contributed by atoms with E-state index in [9.17, 15) is 10.1 Å². The fraction of sp³-hybridized carbons (Fsp3) is 0.0500. The number of ether oxygens (including phenoxy) is 1. The quantitative estimate of drug-likeness (QED) is 0.483. The average molecular weight is 332 g/mol. The number of aromatic nitrogens is 1. The first kappa shape index (κ1) is 16.4. The summed E-state index contributed by atoms with van der Waals surface area (Å²) in [5.41, 5.74) is 2.52. The molecule has 3 rings (SSSR count). The number of hydrogen-bond donors (Lipinski definition) is 0. The van der Waals surface area contributed by atoms with Gasteiger partial charge in [0.25, 0.3) is 0 Å². The molecule has 0 radical (unpaired) electrons. The van der Waals surface area contributed by atoms with Gasteiger partial charge < -0.3 is 4.74 Å². The average Bonchev–Trinajstić information content (AvgIpc) is 2.66. The first-order valence-corrected chi connectivity index (χ1v) is 7.76. The number of pyridine rings is 1. The van der Waals surface area contributed by atoms with Crippen LogP contribution in [0.5, 0.6) is 5.75 Å². The summed E-state index contributed by atoms with van der Waals surface area (Å²) >= 11 is 0. The van der Waals surface area contributed by atoms with Crippen molar-refractivity contribution in [3.8, 4) is 5.75 Å². The van der Waals surface area contributed by atoms with Gasteiger partial charge in [0.05, 0.1) is 10.6 Å². The Morgan fingerprint density at radius 2 is 1.80 bits per heavy atom. The molecule has 1 heterocycles. The molecule has 0 bridgehead atoms. The van der Waals surface area contributed by atoms with E-state index >= 15 is 0 Å². The summed E-state index contributed by atoms with van der Waals surface area (Å²) in [6.45, 7) is 0.273. The Balaban J connectivity index is 1.82. The van der Waals surface area contributed by atoms with Gasteiger partial charge in [-0.3, -0.25) is 15.1 Å². The Bertz CT molecular complexity index is 878. The standard InChI is InChI=1S/C20H16N2O3/c23-22(24)19-12-10-16(9-11-18-8-4-5-13-21-18)14-20(19)25-15-17-6-2-1-3-7-17/h1-14H,15H2/b11-9+. The Morgan fingerprint density at radius 3 is 2.52 bits per heavy atom. The molecule has 0 aliphatic heterocycles. The van der Waals surface area contributed by atoms with Gasteiger partial charge in [-0.05, 0) is 41.5 Å². The van der Waals surface area contributed by atoms with Crippen molar-refractivity contribution in [2.45, 2.75) is 6.61 Å². The van der Waals surface area contributed by atoms with Gasteiger partial charge in [0.2, 0.25) is 0 Å². The molecule has 0 spiro atoms. The number of hydrogen-bond acceptors (Lipinski definition) is 4. The Morgan fingerprint density at radius 1 is 1.00 bits per heavy atom. The zero-order valence-corrected chi connectivity index (χ0v) is 13.4. The molecule has 0 saturated carbocycles. The second-order valence-electron chi connectivity index (χ2n) is 5.35. The molecule has 0 aliphatic rings. The molecule has 0 unspecified atom stereocenters. The lowest BCUT2D eigenvalue weighted by Crippen LogP contribution is -1.99. The predicted octanol–water partition coefficient (Wildman–Crippen LogP) is 4.74. The molecule has 5 nitrogen and oxygen atoms in total. The highest BCUT2D eigenvalue weighted by molar-refractivity contribution is 5.70. The van der Waals surface area contributed by atoms with E-state index in [1.807, 2.05) is 60.7 Å². The number of nitrogens with zero attached hydrogens (tertiary/aromatic N) is 2. The van der Waals surface area contributed by atoms with Gasteiger partial charge in [-0.2, -0.15) is 0 Å². The fourth-order valence-electron chi connectivity index (χ4n) is 2.29. The molecule has 1 aromatic heterocycles. The van der Waals surface area contributed by atoms with Crippen LogP contribution in [0.25, 0.3) is 12.2 Å². The Labute approximate surface area is 145 Å². The van der Waals surface area contributed by atoms with Crippen LogP contribution in [0, 0.1) is 10.1 Å². The zero-order valence-electron chi connectivity index (χ0n) is 13.4. The molecule has 5 heteroatoms. The van der Waals surface area contributed by atoms with Crippen LogP contribution in [0.2, 0.25) is 0 Å². The zero-order chi connectivity index (χ0) is 17.5. The van der Waals surface area contributed by atoms with Gasteiger partial charge >= 0.3 is 5.69 Å². The lowest BCUT2D eigenvalue weighted by atomic mass is 10.1. The molecule has 0 fully saturated rings. The van der Waals surface area contributed by atoms with Crippen LogP contribution in [-0.4, -0.2) is 9.91 Å². The lowest BCUT2D eigenvalue weighted by Gasteiger charge is -2.08. The summed E-state index contributed by atoms with van der Waals surface area (Å²) in [4.78, 5) is 15.0. The monoisotopic (exact) mass is 332 g/mol. The third-order valence-electron chi connectivity index (χ3n) is 3.55. The van der Waals surface area contributed by atoms with Gasteiger partial charge in [-0.15, -0.1) is 0 Å². The van der Waals surface area contributed by atoms with Crippen molar-refractivity contribution in [1.29, 1.82) is 0 Å². The van der Waals surface area contributed by atoms with E-state index in [2.05, 4.69) is 4.98 Å². The summed E-state index contributed by atoms with van der Waals surface area (Å²) in [6, 6.07) is 20.0. The topological polar surface area (TPSA) is 65.3 Å². The molecule has 0 N–H and O–H groups in total. The Hall–Kier alpha value is -3.47. The van der Waals surface area contributed by atoms with Crippen LogP contribution in [-0.2, 0) is 6.61 Å². The lowest BCUT2D eigenvalue weighted by molar-refractivity contribution is -0.385. The highest BCUT2D eigenvalue weighted by Crippen LogP contribution is 2.29. The molecular weight excluding hydrogens is 316 g/mol. The normalized spacial score (nSPS) is 10.7. The molecule has 124 valence electrons. The van der Waals surface area contributed by atoms with E-state index in [0.717, 1.165) is 16.8 Å². The van der Waals surface area contributed by atoms with Gasteiger partial charge in [0.1, 0.15) is 6.61 Å². The largest absolute Gasteiger partial charge is 0.482 e. The van der Waals surface area contributed by atoms with Crippen LogP contribution in [0.1, 0.15) is 16.8 Å². The SMILES string of the molecule is O=[N+]([O-])c1ccc(/C=C/c2ccccn2)cc1OCc1ccccc1. The van der Waals surface area contributed by atoms with E-state index in [1.54, 1.807) is 18.3 Å². The van der Waals surface area contributed by atoms with E-state index < -0.39 is 4.92 Å². The maximum atomic E-state index is 11.2. The van der Waals surface area contributed by atoms with Crippen LogP contribution < -0.4 is 4.74 Å². The van der Waals surface area contributed by atoms with Crippen LogP contribution >= 0.6 is 0 Å². The minimum Gasteiger partial charge on any atom is -0.482 e. The highest BCUT2D eigenvalue weighted by atomic mass is 16.6. The molecule has 3 aromatic rings.